The van der Waals surface area contributed by atoms with Gasteiger partial charge in [0.1, 0.15) is 6.61 Å². The van der Waals surface area contributed by atoms with Crippen LogP contribution in [0.2, 0.25) is 0 Å². The Labute approximate surface area is 108 Å². The summed E-state index contributed by atoms with van der Waals surface area (Å²) in [4.78, 5) is 22.4. The van der Waals surface area contributed by atoms with Crippen molar-refractivity contribution in [3.63, 3.8) is 0 Å². The molecule has 0 atom stereocenters. The van der Waals surface area contributed by atoms with E-state index >= 15 is 0 Å². The summed E-state index contributed by atoms with van der Waals surface area (Å²) >= 11 is 0. The Hall–Kier alpha value is -1.10. The molecule has 0 heterocycles. The number of nitrogens with one attached hydrogen (secondary N) is 1. The molecular formula is C13H23NO4. The van der Waals surface area contributed by atoms with Crippen molar-refractivity contribution in [2.75, 3.05) is 13.2 Å². The van der Waals surface area contributed by atoms with Gasteiger partial charge in [-0.1, -0.05) is 6.42 Å². The molecular weight excluding hydrogens is 234 g/mol. The molecule has 0 aromatic heterocycles. The van der Waals surface area contributed by atoms with E-state index in [9.17, 15) is 9.59 Å². The molecule has 5 heteroatoms. The number of carboxylic acid groups (broad SMARTS) is 1. The molecule has 0 bridgehead atoms. The van der Waals surface area contributed by atoms with Gasteiger partial charge in [0.15, 0.2) is 0 Å². The van der Waals surface area contributed by atoms with Gasteiger partial charge in [0, 0.05) is 6.54 Å². The molecule has 0 spiro atoms. The maximum atomic E-state index is 11.6. The van der Waals surface area contributed by atoms with Gasteiger partial charge in [-0.2, -0.15) is 0 Å². The van der Waals surface area contributed by atoms with E-state index in [2.05, 4.69) is 5.32 Å². The van der Waals surface area contributed by atoms with Crippen LogP contribution in [-0.4, -0.2) is 35.7 Å². The predicted octanol–water partition coefficient (Wildman–Crippen LogP) is 1.56. The van der Waals surface area contributed by atoms with Gasteiger partial charge in [0.2, 0.25) is 5.91 Å². The Kier molecular flexibility index (Phi) is 4.73. The van der Waals surface area contributed by atoms with Crippen LogP contribution in [0, 0.1) is 5.41 Å². The van der Waals surface area contributed by atoms with E-state index < -0.39 is 5.97 Å². The average Bonchev–Trinajstić information content (AvgIpc) is 2.17. The molecule has 0 aromatic carbocycles. The number of hydrogen-bond donors (Lipinski definition) is 2. The summed E-state index contributed by atoms with van der Waals surface area (Å²) in [6, 6.07) is 0. The van der Waals surface area contributed by atoms with Crippen LogP contribution in [0.1, 0.15) is 46.5 Å². The molecule has 1 amide bonds. The molecule has 104 valence electrons. The quantitative estimate of drug-likeness (QED) is 0.757. The summed E-state index contributed by atoms with van der Waals surface area (Å²) in [6.45, 7) is 6.12. The summed E-state index contributed by atoms with van der Waals surface area (Å²) in [5.74, 6) is -0.975. The van der Waals surface area contributed by atoms with Crippen molar-refractivity contribution in [1.82, 2.24) is 5.32 Å². The van der Waals surface area contributed by atoms with Gasteiger partial charge in [-0.05, 0) is 39.0 Å². The molecule has 18 heavy (non-hydrogen) atoms. The van der Waals surface area contributed by atoms with E-state index in [-0.39, 0.29) is 30.0 Å². The number of hydrogen-bond acceptors (Lipinski definition) is 3. The Balaban J connectivity index is 2.30. The molecule has 1 rings (SSSR count). The summed E-state index contributed by atoms with van der Waals surface area (Å²) in [7, 11) is 0. The summed E-state index contributed by atoms with van der Waals surface area (Å²) in [5, 5.41) is 11.6. The van der Waals surface area contributed by atoms with Crippen molar-refractivity contribution in [2.45, 2.75) is 52.1 Å². The van der Waals surface area contributed by atoms with E-state index in [1.165, 1.54) is 0 Å². The first-order chi connectivity index (χ1) is 8.22. The number of carbonyl (C=O) groups is 2. The molecule has 0 aliphatic heterocycles. The third kappa shape index (κ3) is 5.04. The molecule has 1 aliphatic carbocycles. The number of amides is 1. The topological polar surface area (TPSA) is 75.6 Å². The van der Waals surface area contributed by atoms with Gasteiger partial charge in [0.05, 0.1) is 12.0 Å². The van der Waals surface area contributed by atoms with Crippen LogP contribution >= 0.6 is 0 Å². The molecule has 1 aliphatic rings. The minimum absolute atomic E-state index is 0.0205. The zero-order chi connectivity index (χ0) is 13.8. The van der Waals surface area contributed by atoms with Gasteiger partial charge in [-0.25, -0.2) is 0 Å². The van der Waals surface area contributed by atoms with Crippen LogP contribution in [-0.2, 0) is 14.3 Å². The molecule has 1 fully saturated rings. The molecule has 0 aromatic rings. The minimum Gasteiger partial charge on any atom is -0.481 e. The Morgan fingerprint density at radius 2 is 1.94 bits per heavy atom. The van der Waals surface area contributed by atoms with Crippen LogP contribution in [0.15, 0.2) is 0 Å². The van der Waals surface area contributed by atoms with Crippen molar-refractivity contribution < 1.29 is 19.4 Å². The van der Waals surface area contributed by atoms with E-state index in [0.29, 0.717) is 6.54 Å². The monoisotopic (exact) mass is 257 g/mol. The zero-order valence-corrected chi connectivity index (χ0v) is 11.4. The number of rotatable bonds is 6. The van der Waals surface area contributed by atoms with E-state index in [1.807, 2.05) is 20.8 Å². The molecule has 1 saturated carbocycles. The molecule has 0 radical (unpaired) electrons. The summed E-state index contributed by atoms with van der Waals surface area (Å²) in [6.07, 6.45) is 2.93. The Morgan fingerprint density at radius 3 is 2.33 bits per heavy atom. The van der Waals surface area contributed by atoms with Crippen LogP contribution in [0.4, 0.5) is 0 Å². The second-order valence-corrected chi connectivity index (χ2v) is 6.10. The number of carbonyl (C=O) groups excluding carboxylic acids is 1. The standard InChI is InChI=1S/C13H23NO4/c1-12(2,3)18-8-10(15)14-9-13(5-4-6-13)7-11(16)17/h4-9H2,1-3H3,(H,14,15)(H,16,17). The highest BCUT2D eigenvalue weighted by molar-refractivity contribution is 5.77. The van der Waals surface area contributed by atoms with E-state index in [4.69, 9.17) is 9.84 Å². The number of carboxylic acids is 1. The smallest absolute Gasteiger partial charge is 0.303 e. The first kappa shape index (κ1) is 15.0. The highest BCUT2D eigenvalue weighted by Gasteiger charge is 2.39. The van der Waals surface area contributed by atoms with Crippen molar-refractivity contribution in [1.29, 1.82) is 0 Å². The lowest BCUT2D eigenvalue weighted by Gasteiger charge is -2.40. The highest BCUT2D eigenvalue weighted by Crippen LogP contribution is 2.43. The van der Waals surface area contributed by atoms with Crippen LogP contribution < -0.4 is 5.32 Å². The fraction of sp³-hybridized carbons (Fsp3) is 0.846. The number of ether oxygens (including phenoxy) is 1. The van der Waals surface area contributed by atoms with Gasteiger partial charge in [-0.15, -0.1) is 0 Å². The van der Waals surface area contributed by atoms with E-state index in [0.717, 1.165) is 19.3 Å². The molecule has 2 N–H and O–H groups in total. The second kappa shape index (κ2) is 5.69. The lowest BCUT2D eigenvalue weighted by Crippen LogP contribution is -2.44. The fourth-order valence-corrected chi connectivity index (χ4v) is 2.03. The van der Waals surface area contributed by atoms with Crippen molar-refractivity contribution in [3.05, 3.63) is 0 Å². The average molecular weight is 257 g/mol. The maximum Gasteiger partial charge on any atom is 0.303 e. The first-order valence-corrected chi connectivity index (χ1v) is 6.35. The summed E-state index contributed by atoms with van der Waals surface area (Å²) < 4.78 is 5.36. The second-order valence-electron chi connectivity index (χ2n) is 6.10. The van der Waals surface area contributed by atoms with Crippen LogP contribution in [0.25, 0.3) is 0 Å². The lowest BCUT2D eigenvalue weighted by molar-refractivity contribution is -0.142. The van der Waals surface area contributed by atoms with Gasteiger partial charge in [-0.3, -0.25) is 9.59 Å². The highest BCUT2D eigenvalue weighted by atomic mass is 16.5. The minimum atomic E-state index is -0.796. The summed E-state index contributed by atoms with van der Waals surface area (Å²) in [5.41, 5.74) is -0.574. The Morgan fingerprint density at radius 1 is 1.33 bits per heavy atom. The zero-order valence-electron chi connectivity index (χ0n) is 11.4. The third-order valence-corrected chi connectivity index (χ3v) is 3.24. The lowest BCUT2D eigenvalue weighted by atomic mass is 9.66. The van der Waals surface area contributed by atoms with Crippen LogP contribution in [0.3, 0.4) is 0 Å². The fourth-order valence-electron chi connectivity index (χ4n) is 2.03. The van der Waals surface area contributed by atoms with E-state index in [1.54, 1.807) is 0 Å². The van der Waals surface area contributed by atoms with Crippen molar-refractivity contribution >= 4 is 11.9 Å². The molecule has 0 unspecified atom stereocenters. The normalized spacial score (nSPS) is 17.9. The predicted molar refractivity (Wildman–Crippen MR) is 67.3 cm³/mol. The van der Waals surface area contributed by atoms with Crippen molar-refractivity contribution in [3.8, 4) is 0 Å². The van der Waals surface area contributed by atoms with Gasteiger partial charge in [0.25, 0.3) is 0 Å². The first-order valence-electron chi connectivity index (χ1n) is 6.35. The number of aliphatic carboxylic acids is 1. The molecule has 0 saturated heterocycles. The maximum absolute atomic E-state index is 11.6. The third-order valence-electron chi connectivity index (χ3n) is 3.24. The largest absolute Gasteiger partial charge is 0.481 e. The van der Waals surface area contributed by atoms with Crippen molar-refractivity contribution in [2.24, 2.45) is 5.41 Å². The SMILES string of the molecule is CC(C)(C)OCC(=O)NCC1(CC(=O)O)CCC1. The van der Waals surface area contributed by atoms with Crippen LogP contribution in [0.5, 0.6) is 0 Å². The Bertz CT molecular complexity index is 315. The van der Waals surface area contributed by atoms with Gasteiger partial charge < -0.3 is 15.2 Å². The molecule has 5 nitrogen and oxygen atoms in total. The van der Waals surface area contributed by atoms with Gasteiger partial charge >= 0.3 is 5.97 Å².